The zero-order valence-corrected chi connectivity index (χ0v) is 11.2. The van der Waals surface area contributed by atoms with E-state index in [0.29, 0.717) is 12.5 Å². The van der Waals surface area contributed by atoms with Gasteiger partial charge in [0.1, 0.15) is 0 Å². The van der Waals surface area contributed by atoms with Gasteiger partial charge in [0.05, 0.1) is 17.9 Å². The molecule has 1 aromatic heterocycles. The van der Waals surface area contributed by atoms with Gasteiger partial charge in [0.25, 0.3) is 0 Å². The first-order valence-electron chi connectivity index (χ1n) is 6.29. The number of rotatable bonds is 4. The molecule has 2 rings (SSSR count). The van der Waals surface area contributed by atoms with Gasteiger partial charge in [-0.05, 0) is 18.4 Å². The van der Waals surface area contributed by atoms with Crippen LogP contribution in [0.4, 0.5) is 0 Å². The molecule has 0 spiro atoms. The molecule has 0 saturated heterocycles. The van der Waals surface area contributed by atoms with Crippen LogP contribution in [0, 0.1) is 6.92 Å². The summed E-state index contributed by atoms with van der Waals surface area (Å²) in [7, 11) is 0. The summed E-state index contributed by atoms with van der Waals surface area (Å²) in [6, 6.07) is 8.49. The Kier molecular flexibility index (Phi) is 3.77. The predicted molar refractivity (Wildman–Crippen MR) is 72.3 cm³/mol. The summed E-state index contributed by atoms with van der Waals surface area (Å²) in [5.41, 5.74) is 10.2. The average molecular weight is 244 g/mol. The Hall–Kier alpha value is -1.68. The lowest BCUT2D eigenvalue weighted by molar-refractivity contribution is 0.597. The summed E-state index contributed by atoms with van der Waals surface area (Å²) in [5.74, 6) is 0.379. The normalized spacial score (nSPS) is 11.2. The van der Waals surface area contributed by atoms with Crippen molar-refractivity contribution in [2.75, 3.05) is 0 Å². The summed E-state index contributed by atoms with van der Waals surface area (Å²) >= 11 is 0. The van der Waals surface area contributed by atoms with Crippen molar-refractivity contribution in [3.8, 4) is 0 Å². The van der Waals surface area contributed by atoms with Crippen LogP contribution in [0.1, 0.15) is 42.3 Å². The van der Waals surface area contributed by atoms with Gasteiger partial charge in [0, 0.05) is 6.54 Å². The zero-order valence-electron chi connectivity index (χ0n) is 11.2. The second-order valence-corrected chi connectivity index (χ2v) is 4.92. The van der Waals surface area contributed by atoms with E-state index in [9.17, 15) is 0 Å². The van der Waals surface area contributed by atoms with Crippen molar-refractivity contribution in [2.24, 2.45) is 5.73 Å². The quantitative estimate of drug-likeness (QED) is 0.897. The second-order valence-electron chi connectivity index (χ2n) is 4.92. The van der Waals surface area contributed by atoms with Crippen LogP contribution < -0.4 is 5.73 Å². The van der Waals surface area contributed by atoms with Crippen LogP contribution in [-0.4, -0.2) is 15.0 Å². The van der Waals surface area contributed by atoms with Gasteiger partial charge in [-0.2, -0.15) is 0 Å². The Morgan fingerprint density at radius 3 is 2.44 bits per heavy atom. The van der Waals surface area contributed by atoms with E-state index >= 15 is 0 Å². The monoisotopic (exact) mass is 244 g/mol. The minimum absolute atomic E-state index is 0.379. The van der Waals surface area contributed by atoms with Gasteiger partial charge in [-0.15, -0.1) is 5.10 Å². The summed E-state index contributed by atoms with van der Waals surface area (Å²) in [4.78, 5) is 0. The Morgan fingerprint density at radius 2 is 1.89 bits per heavy atom. The smallest absolute Gasteiger partial charge is 0.0997 e. The van der Waals surface area contributed by atoms with Gasteiger partial charge in [-0.1, -0.05) is 48.9 Å². The van der Waals surface area contributed by atoms with E-state index in [1.807, 2.05) is 4.68 Å². The molecule has 0 amide bonds. The maximum atomic E-state index is 5.70. The molecule has 0 aliphatic carbocycles. The lowest BCUT2D eigenvalue weighted by atomic mass is 10.1. The Bertz CT molecular complexity index is 511. The van der Waals surface area contributed by atoms with Crippen molar-refractivity contribution in [2.45, 2.75) is 39.8 Å². The molecule has 0 aliphatic rings. The second kappa shape index (κ2) is 5.31. The molecule has 4 nitrogen and oxygen atoms in total. The maximum Gasteiger partial charge on any atom is 0.0997 e. The Balaban J connectivity index is 2.28. The molecule has 4 heteroatoms. The average Bonchev–Trinajstić information content (AvgIpc) is 2.75. The van der Waals surface area contributed by atoms with Crippen LogP contribution in [0.15, 0.2) is 24.3 Å². The van der Waals surface area contributed by atoms with Crippen LogP contribution in [0.25, 0.3) is 0 Å². The molecule has 0 bridgehead atoms. The fourth-order valence-electron chi connectivity index (χ4n) is 2.12. The standard InChI is InChI=1S/C14H20N4/c1-10(2)14-13(8-15)16-17-18(14)9-12-6-4-11(3)5-7-12/h4-7,10H,8-9,15H2,1-3H3. The number of nitrogens with zero attached hydrogens (tertiary/aromatic N) is 3. The minimum atomic E-state index is 0.379. The highest BCUT2D eigenvalue weighted by atomic mass is 15.4. The maximum absolute atomic E-state index is 5.70. The summed E-state index contributed by atoms with van der Waals surface area (Å²) in [6.45, 7) is 7.57. The first-order chi connectivity index (χ1) is 8.61. The van der Waals surface area contributed by atoms with E-state index in [1.54, 1.807) is 0 Å². The van der Waals surface area contributed by atoms with Crippen molar-refractivity contribution in [1.82, 2.24) is 15.0 Å². The van der Waals surface area contributed by atoms with Gasteiger partial charge in [0.2, 0.25) is 0 Å². The number of hydrogen-bond acceptors (Lipinski definition) is 3. The van der Waals surface area contributed by atoms with Gasteiger partial charge < -0.3 is 5.73 Å². The molecule has 0 fully saturated rings. The number of nitrogens with two attached hydrogens (primary N) is 1. The molecule has 1 heterocycles. The first kappa shape index (κ1) is 12.8. The van der Waals surface area contributed by atoms with Gasteiger partial charge >= 0.3 is 0 Å². The Labute approximate surface area is 108 Å². The molecule has 0 radical (unpaired) electrons. The fraction of sp³-hybridized carbons (Fsp3) is 0.429. The van der Waals surface area contributed by atoms with Crippen LogP contribution in [0.5, 0.6) is 0 Å². The van der Waals surface area contributed by atoms with Gasteiger partial charge in [-0.3, -0.25) is 0 Å². The minimum Gasteiger partial charge on any atom is -0.325 e. The molecule has 0 saturated carbocycles. The molecule has 1 aromatic carbocycles. The summed E-state index contributed by atoms with van der Waals surface area (Å²) in [5, 5.41) is 8.37. The molecule has 2 N–H and O–H groups in total. The molecule has 0 atom stereocenters. The van der Waals surface area contributed by atoms with Crippen molar-refractivity contribution < 1.29 is 0 Å². The van der Waals surface area contributed by atoms with Crippen molar-refractivity contribution in [3.63, 3.8) is 0 Å². The SMILES string of the molecule is Cc1ccc(Cn2nnc(CN)c2C(C)C)cc1. The van der Waals surface area contributed by atoms with Crippen LogP contribution in [-0.2, 0) is 13.1 Å². The number of aromatic nitrogens is 3. The topological polar surface area (TPSA) is 56.7 Å². The molecule has 0 aliphatic heterocycles. The summed E-state index contributed by atoms with van der Waals surface area (Å²) in [6.07, 6.45) is 0. The zero-order chi connectivity index (χ0) is 13.1. The lowest BCUT2D eigenvalue weighted by Gasteiger charge is -2.10. The van der Waals surface area contributed by atoms with Crippen molar-refractivity contribution in [1.29, 1.82) is 0 Å². The van der Waals surface area contributed by atoms with E-state index in [4.69, 9.17) is 5.73 Å². The predicted octanol–water partition coefficient (Wildman–Crippen LogP) is 2.22. The fourth-order valence-corrected chi connectivity index (χ4v) is 2.12. The van der Waals surface area contributed by atoms with E-state index in [2.05, 4.69) is 55.3 Å². The lowest BCUT2D eigenvalue weighted by Crippen LogP contribution is -2.10. The van der Waals surface area contributed by atoms with Crippen LogP contribution in [0.2, 0.25) is 0 Å². The number of benzene rings is 1. The largest absolute Gasteiger partial charge is 0.325 e. The molecule has 2 aromatic rings. The van der Waals surface area contributed by atoms with E-state index in [0.717, 1.165) is 17.9 Å². The first-order valence-corrected chi connectivity index (χ1v) is 6.29. The molecular weight excluding hydrogens is 224 g/mol. The molecule has 96 valence electrons. The molecular formula is C14H20N4. The Morgan fingerprint density at radius 1 is 1.22 bits per heavy atom. The highest BCUT2D eigenvalue weighted by Crippen LogP contribution is 2.18. The van der Waals surface area contributed by atoms with E-state index in [1.165, 1.54) is 11.1 Å². The third-order valence-corrected chi connectivity index (χ3v) is 3.04. The van der Waals surface area contributed by atoms with Gasteiger partial charge in [-0.25, -0.2) is 4.68 Å². The number of aryl methyl sites for hydroxylation is 1. The number of hydrogen-bond donors (Lipinski definition) is 1. The third-order valence-electron chi connectivity index (χ3n) is 3.04. The van der Waals surface area contributed by atoms with E-state index < -0.39 is 0 Å². The summed E-state index contributed by atoms with van der Waals surface area (Å²) < 4.78 is 1.96. The third kappa shape index (κ3) is 2.59. The van der Waals surface area contributed by atoms with Gasteiger partial charge in [0.15, 0.2) is 0 Å². The highest BCUT2D eigenvalue weighted by molar-refractivity contribution is 5.23. The van der Waals surface area contributed by atoms with E-state index in [-0.39, 0.29) is 0 Å². The highest BCUT2D eigenvalue weighted by Gasteiger charge is 2.14. The van der Waals surface area contributed by atoms with Crippen molar-refractivity contribution in [3.05, 3.63) is 46.8 Å². The molecule has 18 heavy (non-hydrogen) atoms. The molecule has 0 unspecified atom stereocenters. The van der Waals surface area contributed by atoms with Crippen LogP contribution in [0.3, 0.4) is 0 Å². The van der Waals surface area contributed by atoms with Crippen LogP contribution >= 0.6 is 0 Å². The van der Waals surface area contributed by atoms with Crippen molar-refractivity contribution >= 4 is 0 Å².